The van der Waals surface area contributed by atoms with Crippen LogP contribution in [-0.2, 0) is 0 Å². The average Bonchev–Trinajstić information content (AvgIpc) is 2.97. The minimum absolute atomic E-state index is 0.267. The van der Waals surface area contributed by atoms with Gasteiger partial charge in [0.25, 0.3) is 5.91 Å². The molecule has 128 valence electrons. The van der Waals surface area contributed by atoms with Crippen molar-refractivity contribution in [1.29, 1.82) is 0 Å². The van der Waals surface area contributed by atoms with E-state index in [1.165, 1.54) is 0 Å². The maximum absolute atomic E-state index is 12.5. The van der Waals surface area contributed by atoms with E-state index in [1.807, 2.05) is 31.2 Å². The van der Waals surface area contributed by atoms with Gasteiger partial charge < -0.3 is 10.4 Å². The second-order valence-corrected chi connectivity index (χ2v) is 6.03. The van der Waals surface area contributed by atoms with Gasteiger partial charge in [-0.05, 0) is 50.6 Å². The van der Waals surface area contributed by atoms with E-state index in [2.05, 4.69) is 15.6 Å². The summed E-state index contributed by atoms with van der Waals surface area (Å²) < 4.78 is 1.64. The summed E-state index contributed by atoms with van der Waals surface area (Å²) in [7, 11) is 0. The second kappa shape index (κ2) is 6.86. The number of carbonyl (C=O) groups excluding carboxylic acids is 1. The Morgan fingerprint density at radius 1 is 1.16 bits per heavy atom. The van der Waals surface area contributed by atoms with Gasteiger partial charge >= 0.3 is 0 Å². The number of anilines is 1. The van der Waals surface area contributed by atoms with E-state index in [0.717, 1.165) is 16.8 Å². The number of aliphatic hydroxyl groups excluding tert-OH is 1. The van der Waals surface area contributed by atoms with Crippen molar-refractivity contribution in [3.63, 3.8) is 0 Å². The Morgan fingerprint density at radius 2 is 1.88 bits per heavy atom. The Kier molecular flexibility index (Phi) is 4.63. The molecule has 1 aromatic heterocycles. The Balaban J connectivity index is 1.84. The molecule has 1 atom stereocenters. The van der Waals surface area contributed by atoms with Crippen molar-refractivity contribution in [2.45, 2.75) is 26.9 Å². The van der Waals surface area contributed by atoms with Crippen LogP contribution in [0.1, 0.15) is 40.3 Å². The molecule has 6 nitrogen and oxygen atoms in total. The summed E-state index contributed by atoms with van der Waals surface area (Å²) in [4.78, 5) is 12.5. The zero-order chi connectivity index (χ0) is 18.0. The topological polar surface area (TPSA) is 80.0 Å². The predicted molar refractivity (Wildman–Crippen MR) is 95.9 cm³/mol. The fourth-order valence-electron chi connectivity index (χ4n) is 2.54. The first-order chi connectivity index (χ1) is 12.0. The molecule has 2 aromatic carbocycles. The molecular formula is C19H20N4O2. The number of hydrogen-bond donors (Lipinski definition) is 2. The molecule has 0 aliphatic carbocycles. The summed E-state index contributed by atoms with van der Waals surface area (Å²) in [6.07, 6.45) is -0.596. The van der Waals surface area contributed by atoms with Gasteiger partial charge in [0.05, 0.1) is 17.5 Å². The van der Waals surface area contributed by atoms with Crippen LogP contribution in [0.4, 0.5) is 5.69 Å². The largest absolute Gasteiger partial charge is 0.389 e. The van der Waals surface area contributed by atoms with E-state index in [9.17, 15) is 9.90 Å². The van der Waals surface area contributed by atoms with Gasteiger partial charge in [-0.3, -0.25) is 4.79 Å². The molecule has 0 fully saturated rings. The first kappa shape index (κ1) is 16.9. The van der Waals surface area contributed by atoms with E-state index in [-0.39, 0.29) is 11.6 Å². The molecule has 6 heteroatoms. The number of carbonyl (C=O) groups is 1. The Labute approximate surface area is 146 Å². The van der Waals surface area contributed by atoms with E-state index in [4.69, 9.17) is 0 Å². The molecule has 3 rings (SSSR count). The maximum atomic E-state index is 12.5. The molecule has 25 heavy (non-hydrogen) atoms. The number of aryl methyl sites for hydroxylation is 1. The number of aliphatic hydroxyl groups is 1. The smallest absolute Gasteiger partial charge is 0.278 e. The molecule has 0 radical (unpaired) electrons. The SMILES string of the molecule is Cc1ccc(-n2nnc(C(=O)Nc3cccc(C(C)O)c3)c2C)cc1. The van der Waals surface area contributed by atoms with E-state index in [0.29, 0.717) is 11.4 Å². The van der Waals surface area contributed by atoms with Gasteiger partial charge in [0.2, 0.25) is 0 Å². The van der Waals surface area contributed by atoms with Crippen LogP contribution in [0.25, 0.3) is 5.69 Å². The number of rotatable bonds is 4. The maximum Gasteiger partial charge on any atom is 0.278 e. The fraction of sp³-hybridized carbons (Fsp3) is 0.211. The van der Waals surface area contributed by atoms with E-state index < -0.39 is 6.10 Å². The van der Waals surface area contributed by atoms with Crippen LogP contribution in [0.3, 0.4) is 0 Å². The van der Waals surface area contributed by atoms with Gasteiger partial charge in [-0.1, -0.05) is 35.0 Å². The number of nitrogens with zero attached hydrogens (tertiary/aromatic N) is 3. The summed E-state index contributed by atoms with van der Waals surface area (Å²) in [6, 6.07) is 14.9. The lowest BCUT2D eigenvalue weighted by Crippen LogP contribution is -2.14. The van der Waals surface area contributed by atoms with Crippen LogP contribution in [0.15, 0.2) is 48.5 Å². The van der Waals surface area contributed by atoms with Gasteiger partial charge in [-0.25, -0.2) is 4.68 Å². The zero-order valence-corrected chi connectivity index (χ0v) is 14.4. The molecule has 1 unspecified atom stereocenters. The summed E-state index contributed by atoms with van der Waals surface area (Å²) in [5.41, 5.74) is 4.27. The van der Waals surface area contributed by atoms with Crippen molar-refractivity contribution in [3.05, 3.63) is 71.0 Å². The third kappa shape index (κ3) is 3.59. The summed E-state index contributed by atoms with van der Waals surface area (Å²) in [5, 5.41) is 20.6. The third-order valence-electron chi connectivity index (χ3n) is 4.02. The van der Waals surface area contributed by atoms with Crippen molar-refractivity contribution in [3.8, 4) is 5.69 Å². The molecule has 0 saturated heterocycles. The van der Waals surface area contributed by atoms with Crippen molar-refractivity contribution >= 4 is 11.6 Å². The number of amides is 1. The summed E-state index contributed by atoms with van der Waals surface area (Å²) in [5.74, 6) is -0.335. The molecule has 2 N–H and O–H groups in total. The van der Waals surface area contributed by atoms with Crippen LogP contribution < -0.4 is 5.32 Å². The normalized spacial score (nSPS) is 12.0. The van der Waals surface area contributed by atoms with Gasteiger partial charge in [0.1, 0.15) is 0 Å². The average molecular weight is 336 g/mol. The Hall–Kier alpha value is -2.99. The quantitative estimate of drug-likeness (QED) is 0.767. The monoisotopic (exact) mass is 336 g/mol. The lowest BCUT2D eigenvalue weighted by atomic mass is 10.1. The molecule has 0 aliphatic rings. The summed E-state index contributed by atoms with van der Waals surface area (Å²) >= 11 is 0. The minimum Gasteiger partial charge on any atom is -0.389 e. The molecular weight excluding hydrogens is 316 g/mol. The first-order valence-electron chi connectivity index (χ1n) is 8.04. The van der Waals surface area contributed by atoms with Crippen LogP contribution in [0, 0.1) is 13.8 Å². The van der Waals surface area contributed by atoms with Crippen LogP contribution in [-0.4, -0.2) is 26.0 Å². The first-order valence-corrected chi connectivity index (χ1v) is 8.04. The number of benzene rings is 2. The van der Waals surface area contributed by atoms with Gasteiger partial charge in [-0.2, -0.15) is 0 Å². The number of aromatic nitrogens is 3. The van der Waals surface area contributed by atoms with Crippen LogP contribution >= 0.6 is 0 Å². The highest BCUT2D eigenvalue weighted by atomic mass is 16.3. The molecule has 1 heterocycles. The van der Waals surface area contributed by atoms with Crippen molar-refractivity contribution in [1.82, 2.24) is 15.0 Å². The highest BCUT2D eigenvalue weighted by Crippen LogP contribution is 2.19. The predicted octanol–water partition coefficient (Wildman–Crippen LogP) is 3.19. The summed E-state index contributed by atoms with van der Waals surface area (Å²) in [6.45, 7) is 5.50. The van der Waals surface area contributed by atoms with Gasteiger partial charge in [-0.15, -0.1) is 5.10 Å². The Morgan fingerprint density at radius 3 is 2.56 bits per heavy atom. The standard InChI is InChI=1S/C19H20N4O2/c1-12-7-9-17(10-8-12)23-13(2)18(21-22-23)19(25)20-16-6-4-5-15(11-16)14(3)24/h4-11,14,24H,1-3H3,(H,20,25). The number of hydrogen-bond acceptors (Lipinski definition) is 4. The molecule has 3 aromatic rings. The molecule has 1 amide bonds. The van der Waals surface area contributed by atoms with Crippen molar-refractivity contribution < 1.29 is 9.90 Å². The highest BCUT2D eigenvalue weighted by Gasteiger charge is 2.17. The molecule has 0 aliphatic heterocycles. The zero-order valence-electron chi connectivity index (χ0n) is 14.4. The lowest BCUT2D eigenvalue weighted by molar-refractivity contribution is 0.102. The number of nitrogens with one attached hydrogen (secondary N) is 1. The lowest BCUT2D eigenvalue weighted by Gasteiger charge is -2.08. The van der Waals surface area contributed by atoms with Gasteiger partial charge in [0, 0.05) is 5.69 Å². The van der Waals surface area contributed by atoms with Crippen LogP contribution in [0.2, 0.25) is 0 Å². The molecule has 0 bridgehead atoms. The van der Waals surface area contributed by atoms with Crippen molar-refractivity contribution in [2.24, 2.45) is 0 Å². The van der Waals surface area contributed by atoms with Crippen molar-refractivity contribution in [2.75, 3.05) is 5.32 Å². The third-order valence-corrected chi connectivity index (χ3v) is 4.02. The molecule has 0 saturated carbocycles. The highest BCUT2D eigenvalue weighted by molar-refractivity contribution is 6.03. The van der Waals surface area contributed by atoms with Gasteiger partial charge in [0.15, 0.2) is 5.69 Å². The van der Waals surface area contributed by atoms with E-state index in [1.54, 1.807) is 42.8 Å². The van der Waals surface area contributed by atoms with E-state index >= 15 is 0 Å². The Bertz CT molecular complexity index is 898. The second-order valence-electron chi connectivity index (χ2n) is 6.03. The van der Waals surface area contributed by atoms with Crippen LogP contribution in [0.5, 0.6) is 0 Å². The molecule has 0 spiro atoms. The fourth-order valence-corrected chi connectivity index (χ4v) is 2.54. The minimum atomic E-state index is -0.596.